The van der Waals surface area contributed by atoms with Gasteiger partial charge in [-0.25, -0.2) is 9.18 Å². The van der Waals surface area contributed by atoms with E-state index in [4.69, 9.17) is 4.74 Å². The number of hydrogen-bond acceptors (Lipinski definition) is 2. The smallest absolute Gasteiger partial charge is 0.317 e. The van der Waals surface area contributed by atoms with Gasteiger partial charge in [0.15, 0.2) is 0 Å². The van der Waals surface area contributed by atoms with Crippen LogP contribution in [-0.2, 0) is 11.3 Å². The van der Waals surface area contributed by atoms with Gasteiger partial charge in [-0.2, -0.15) is 0 Å². The van der Waals surface area contributed by atoms with Crippen LogP contribution < -0.4 is 5.32 Å². The number of halogens is 2. The highest BCUT2D eigenvalue weighted by molar-refractivity contribution is 9.10. The molecule has 1 aliphatic heterocycles. The molecule has 1 fully saturated rings. The van der Waals surface area contributed by atoms with Gasteiger partial charge < -0.3 is 15.0 Å². The quantitative estimate of drug-likeness (QED) is 0.905. The number of benzene rings is 1. The SMILES string of the molecule is C[C@H]1CN(C(=O)NCc2ccc(Br)cc2F)CCO1. The van der Waals surface area contributed by atoms with E-state index in [1.807, 2.05) is 6.92 Å². The van der Waals surface area contributed by atoms with Crippen LogP contribution in [0.15, 0.2) is 22.7 Å². The molecule has 6 heteroatoms. The van der Waals surface area contributed by atoms with Crippen LogP contribution in [0.1, 0.15) is 12.5 Å². The van der Waals surface area contributed by atoms with Gasteiger partial charge in [-0.15, -0.1) is 0 Å². The van der Waals surface area contributed by atoms with Crippen molar-refractivity contribution in [2.45, 2.75) is 19.6 Å². The second kappa shape index (κ2) is 6.34. The summed E-state index contributed by atoms with van der Waals surface area (Å²) in [7, 11) is 0. The number of nitrogens with one attached hydrogen (secondary N) is 1. The molecule has 0 unspecified atom stereocenters. The van der Waals surface area contributed by atoms with Crippen molar-refractivity contribution in [3.8, 4) is 0 Å². The maximum absolute atomic E-state index is 13.6. The van der Waals surface area contributed by atoms with Crippen LogP contribution in [0.3, 0.4) is 0 Å². The molecule has 1 aliphatic rings. The second-order valence-electron chi connectivity index (χ2n) is 4.52. The number of morpholine rings is 1. The molecule has 1 aromatic rings. The van der Waals surface area contributed by atoms with Gasteiger partial charge in [0.1, 0.15) is 5.82 Å². The molecule has 0 spiro atoms. The first kappa shape index (κ1) is 14.3. The van der Waals surface area contributed by atoms with Gasteiger partial charge in [-0.3, -0.25) is 0 Å². The number of carbonyl (C=O) groups excluding carboxylic acids is 1. The lowest BCUT2D eigenvalue weighted by atomic mass is 10.2. The summed E-state index contributed by atoms with van der Waals surface area (Å²) in [5.74, 6) is -0.329. The number of carbonyl (C=O) groups is 1. The Morgan fingerprint density at radius 2 is 2.42 bits per heavy atom. The highest BCUT2D eigenvalue weighted by Gasteiger charge is 2.21. The fourth-order valence-electron chi connectivity index (χ4n) is 1.95. The fraction of sp³-hybridized carbons (Fsp3) is 0.462. The molecule has 2 amide bonds. The molecule has 1 aromatic carbocycles. The van der Waals surface area contributed by atoms with E-state index >= 15 is 0 Å². The van der Waals surface area contributed by atoms with E-state index in [0.29, 0.717) is 29.7 Å². The van der Waals surface area contributed by atoms with Crippen molar-refractivity contribution in [3.63, 3.8) is 0 Å². The van der Waals surface area contributed by atoms with E-state index in [9.17, 15) is 9.18 Å². The van der Waals surface area contributed by atoms with Gasteiger partial charge >= 0.3 is 6.03 Å². The lowest BCUT2D eigenvalue weighted by Gasteiger charge is -2.31. The Labute approximate surface area is 120 Å². The van der Waals surface area contributed by atoms with Crippen LogP contribution in [0.4, 0.5) is 9.18 Å². The molecule has 1 heterocycles. The number of nitrogens with zero attached hydrogens (tertiary/aromatic N) is 1. The second-order valence-corrected chi connectivity index (χ2v) is 5.44. The summed E-state index contributed by atoms with van der Waals surface area (Å²) < 4.78 is 19.6. The van der Waals surface area contributed by atoms with Crippen molar-refractivity contribution >= 4 is 22.0 Å². The molecular formula is C13H16BrFN2O2. The van der Waals surface area contributed by atoms with Crippen molar-refractivity contribution in [2.24, 2.45) is 0 Å². The normalized spacial score (nSPS) is 19.3. The molecule has 0 saturated carbocycles. The minimum absolute atomic E-state index is 0.0453. The molecule has 0 bridgehead atoms. The fourth-order valence-corrected chi connectivity index (χ4v) is 2.28. The monoisotopic (exact) mass is 330 g/mol. The number of ether oxygens (including phenoxy) is 1. The summed E-state index contributed by atoms with van der Waals surface area (Å²) >= 11 is 3.20. The summed E-state index contributed by atoms with van der Waals surface area (Å²) in [6.07, 6.45) is 0.0453. The van der Waals surface area contributed by atoms with Crippen molar-refractivity contribution < 1.29 is 13.9 Å². The van der Waals surface area contributed by atoms with E-state index < -0.39 is 0 Å². The van der Waals surface area contributed by atoms with E-state index in [2.05, 4.69) is 21.2 Å². The molecule has 19 heavy (non-hydrogen) atoms. The summed E-state index contributed by atoms with van der Waals surface area (Å²) in [6.45, 7) is 3.78. The maximum atomic E-state index is 13.6. The molecule has 0 aliphatic carbocycles. The highest BCUT2D eigenvalue weighted by atomic mass is 79.9. The predicted molar refractivity (Wildman–Crippen MR) is 73.3 cm³/mol. The predicted octanol–water partition coefficient (Wildman–Crippen LogP) is 2.52. The summed E-state index contributed by atoms with van der Waals surface area (Å²) in [5.41, 5.74) is 0.470. The topological polar surface area (TPSA) is 41.6 Å². The minimum Gasteiger partial charge on any atom is -0.375 e. The average Bonchev–Trinajstić information content (AvgIpc) is 2.37. The van der Waals surface area contributed by atoms with Crippen molar-refractivity contribution in [1.29, 1.82) is 0 Å². The zero-order valence-electron chi connectivity index (χ0n) is 10.7. The van der Waals surface area contributed by atoms with Gasteiger partial charge in [0.25, 0.3) is 0 Å². The molecule has 4 nitrogen and oxygen atoms in total. The minimum atomic E-state index is -0.329. The molecule has 1 atom stereocenters. The third-order valence-electron chi connectivity index (χ3n) is 2.97. The Balaban J connectivity index is 1.89. The largest absolute Gasteiger partial charge is 0.375 e. The molecule has 104 valence electrons. The molecule has 2 rings (SSSR count). The average molecular weight is 331 g/mol. The maximum Gasteiger partial charge on any atom is 0.317 e. The molecule has 1 N–H and O–H groups in total. The summed E-state index contributed by atoms with van der Waals surface area (Å²) in [6, 6.07) is 4.61. The zero-order valence-corrected chi connectivity index (χ0v) is 12.2. The zero-order chi connectivity index (χ0) is 13.8. The number of hydrogen-bond donors (Lipinski definition) is 1. The Morgan fingerprint density at radius 1 is 1.63 bits per heavy atom. The van der Waals surface area contributed by atoms with Crippen LogP contribution in [0.2, 0.25) is 0 Å². The van der Waals surface area contributed by atoms with Crippen LogP contribution in [0.5, 0.6) is 0 Å². The first-order valence-corrected chi connectivity index (χ1v) is 6.94. The van der Waals surface area contributed by atoms with Crippen molar-refractivity contribution in [3.05, 3.63) is 34.1 Å². The van der Waals surface area contributed by atoms with E-state index in [0.717, 1.165) is 0 Å². The van der Waals surface area contributed by atoms with Gasteiger partial charge in [0.05, 0.1) is 12.7 Å². The van der Waals surface area contributed by atoms with Crippen molar-refractivity contribution in [1.82, 2.24) is 10.2 Å². The number of amides is 2. The van der Waals surface area contributed by atoms with Crippen LogP contribution >= 0.6 is 15.9 Å². The van der Waals surface area contributed by atoms with Gasteiger partial charge in [0, 0.05) is 29.7 Å². The van der Waals surface area contributed by atoms with E-state index in [1.54, 1.807) is 17.0 Å². The van der Waals surface area contributed by atoms with Crippen LogP contribution in [-0.4, -0.2) is 36.7 Å². The molecule has 0 aromatic heterocycles. The third kappa shape index (κ3) is 3.91. The standard InChI is InChI=1S/C13H16BrFN2O2/c1-9-8-17(4-5-19-9)13(18)16-7-10-2-3-11(14)6-12(10)15/h2-3,6,9H,4-5,7-8H2,1H3,(H,16,18)/t9-/m0/s1. The first-order chi connectivity index (χ1) is 9.06. The van der Waals surface area contributed by atoms with Gasteiger partial charge in [0.2, 0.25) is 0 Å². The highest BCUT2D eigenvalue weighted by Crippen LogP contribution is 2.15. The summed E-state index contributed by atoms with van der Waals surface area (Å²) in [4.78, 5) is 13.6. The van der Waals surface area contributed by atoms with Crippen LogP contribution in [0.25, 0.3) is 0 Å². The van der Waals surface area contributed by atoms with Gasteiger partial charge in [-0.1, -0.05) is 22.0 Å². The van der Waals surface area contributed by atoms with E-state index in [1.165, 1.54) is 6.07 Å². The van der Waals surface area contributed by atoms with Gasteiger partial charge in [-0.05, 0) is 19.1 Å². The molecule has 0 radical (unpaired) electrons. The number of urea groups is 1. The molecular weight excluding hydrogens is 315 g/mol. The first-order valence-electron chi connectivity index (χ1n) is 6.14. The lowest BCUT2D eigenvalue weighted by molar-refractivity contribution is -0.00352. The Kier molecular flexibility index (Phi) is 4.76. The summed E-state index contributed by atoms with van der Waals surface area (Å²) in [5, 5.41) is 2.73. The lowest BCUT2D eigenvalue weighted by Crippen LogP contribution is -2.48. The van der Waals surface area contributed by atoms with Crippen molar-refractivity contribution in [2.75, 3.05) is 19.7 Å². The Morgan fingerprint density at radius 3 is 3.11 bits per heavy atom. The third-order valence-corrected chi connectivity index (χ3v) is 3.47. The van der Waals surface area contributed by atoms with E-state index in [-0.39, 0.29) is 24.5 Å². The molecule has 1 saturated heterocycles. The Hall–Kier alpha value is -1.14. The number of rotatable bonds is 2. The Bertz CT molecular complexity index is 470. The van der Waals surface area contributed by atoms with Crippen LogP contribution in [0, 0.1) is 5.82 Å².